The van der Waals surface area contributed by atoms with Crippen molar-refractivity contribution in [2.24, 2.45) is 0 Å². The highest BCUT2D eigenvalue weighted by Crippen LogP contribution is 2.35. The Labute approximate surface area is 177 Å². The van der Waals surface area contributed by atoms with Gasteiger partial charge in [0.1, 0.15) is 12.4 Å². The van der Waals surface area contributed by atoms with Gasteiger partial charge in [0.25, 0.3) is 0 Å². The van der Waals surface area contributed by atoms with E-state index < -0.39 is 5.78 Å². The molecule has 0 bridgehead atoms. The maximum atomic E-state index is 13.4. The Morgan fingerprint density at radius 1 is 1.03 bits per heavy atom. The number of aryl methyl sites for hydroxylation is 1. The zero-order chi connectivity index (χ0) is 22.4. The quantitative estimate of drug-likeness (QED) is 0.352. The molecule has 0 spiro atoms. The van der Waals surface area contributed by atoms with Crippen LogP contribution in [-0.4, -0.2) is 28.9 Å². The van der Waals surface area contributed by atoms with Crippen molar-refractivity contribution in [3.8, 4) is 17.2 Å². The van der Waals surface area contributed by atoms with Gasteiger partial charge in [-0.2, -0.15) is 0 Å². The highest BCUT2D eigenvalue weighted by Gasteiger charge is 2.24. The summed E-state index contributed by atoms with van der Waals surface area (Å²) in [6.07, 6.45) is 4.68. The monoisotopic (exact) mass is 408 g/mol. The fourth-order valence-electron chi connectivity index (χ4n) is 2.99. The Morgan fingerprint density at radius 2 is 1.70 bits per heavy atom. The van der Waals surface area contributed by atoms with Crippen molar-refractivity contribution in [3.63, 3.8) is 0 Å². The van der Waals surface area contributed by atoms with E-state index in [1.807, 2.05) is 39.8 Å². The minimum atomic E-state index is -0.543. The van der Waals surface area contributed by atoms with Crippen molar-refractivity contribution >= 4 is 12.1 Å². The molecule has 2 aromatic rings. The Balaban J connectivity index is 2.61. The molecule has 2 N–H and O–H groups in total. The number of rotatable bonds is 8. The van der Waals surface area contributed by atoms with Crippen LogP contribution in [0.5, 0.6) is 17.2 Å². The predicted molar refractivity (Wildman–Crippen MR) is 118 cm³/mol. The minimum absolute atomic E-state index is 0.0225. The van der Waals surface area contributed by atoms with E-state index in [4.69, 9.17) is 4.74 Å². The number of phenolic OH excluding ortho intramolecular Hbond substituents is 2. The Hall–Kier alpha value is -3.34. The topological polar surface area (TPSA) is 83.8 Å². The lowest BCUT2D eigenvalue weighted by Crippen LogP contribution is -2.11. The molecule has 0 atom stereocenters. The Kier molecular flexibility index (Phi) is 7.59. The molecule has 0 radical (unpaired) electrons. The molecule has 0 amide bonds. The number of aromatic hydroxyl groups is 2. The van der Waals surface area contributed by atoms with Crippen LogP contribution in [0.25, 0.3) is 0 Å². The number of allylic oxidation sites excluding steroid dienone is 3. The van der Waals surface area contributed by atoms with Gasteiger partial charge in [-0.05, 0) is 76.4 Å². The summed E-state index contributed by atoms with van der Waals surface area (Å²) in [6, 6.07) is 6.22. The smallest absolute Gasteiger partial charge is 0.198 e. The third-order valence-corrected chi connectivity index (χ3v) is 4.58. The summed E-state index contributed by atoms with van der Waals surface area (Å²) in [5.74, 6) is -0.921. The number of benzene rings is 2. The fourth-order valence-corrected chi connectivity index (χ4v) is 2.99. The van der Waals surface area contributed by atoms with Crippen LogP contribution in [0.3, 0.4) is 0 Å². The van der Waals surface area contributed by atoms with Crippen LogP contribution in [0, 0.1) is 6.92 Å². The van der Waals surface area contributed by atoms with Crippen molar-refractivity contribution in [1.29, 1.82) is 0 Å². The number of hydrogen-bond acceptors (Lipinski definition) is 5. The normalized spacial score (nSPS) is 10.3. The largest absolute Gasteiger partial charge is 0.507 e. The predicted octanol–water partition coefficient (Wildman–Crippen LogP) is 5.30. The van der Waals surface area contributed by atoms with Crippen molar-refractivity contribution in [2.75, 3.05) is 6.61 Å². The highest BCUT2D eigenvalue weighted by atomic mass is 16.5. The molecular formula is C25H28O5. The van der Waals surface area contributed by atoms with Gasteiger partial charge in [-0.3, -0.25) is 9.59 Å². The third kappa shape index (κ3) is 5.38. The van der Waals surface area contributed by atoms with Gasteiger partial charge in [0.2, 0.25) is 0 Å². The first-order chi connectivity index (χ1) is 14.1. The Bertz CT molecular complexity index is 1020. The van der Waals surface area contributed by atoms with E-state index >= 15 is 0 Å². The van der Waals surface area contributed by atoms with Gasteiger partial charge in [0.15, 0.2) is 23.6 Å². The molecular weight excluding hydrogens is 380 g/mol. The maximum absolute atomic E-state index is 13.4. The summed E-state index contributed by atoms with van der Waals surface area (Å²) in [7, 11) is 0. The number of aldehydes is 1. The first-order valence-corrected chi connectivity index (χ1v) is 9.73. The number of ether oxygens (including phenoxy) is 1. The van der Waals surface area contributed by atoms with E-state index in [1.165, 1.54) is 6.07 Å². The first kappa shape index (κ1) is 22.9. The van der Waals surface area contributed by atoms with E-state index in [0.29, 0.717) is 18.3 Å². The van der Waals surface area contributed by atoms with Crippen molar-refractivity contribution in [1.82, 2.24) is 0 Å². The average molecular weight is 408 g/mol. The number of phenols is 2. The van der Waals surface area contributed by atoms with Crippen LogP contribution in [0.4, 0.5) is 0 Å². The fraction of sp³-hybridized carbons (Fsp3) is 0.280. The zero-order valence-corrected chi connectivity index (χ0v) is 18.1. The number of hydrogen-bond donors (Lipinski definition) is 2. The summed E-state index contributed by atoms with van der Waals surface area (Å²) in [5, 5.41) is 20.9. The standard InChI is InChI=1S/C25H28O5/c1-15(2)6-7-18-8-9-21(27)20(14-26)23(18)25(29)19-12-17(5)13-22(24(19)28)30-11-10-16(3)4/h6,8-10,12-14,27-28H,7,11H2,1-5H3. The van der Waals surface area contributed by atoms with Crippen LogP contribution >= 0.6 is 0 Å². The second kappa shape index (κ2) is 9.92. The van der Waals surface area contributed by atoms with Gasteiger partial charge in [0.05, 0.1) is 11.1 Å². The molecule has 0 heterocycles. The van der Waals surface area contributed by atoms with Crippen LogP contribution in [0.2, 0.25) is 0 Å². The molecule has 2 aromatic carbocycles. The van der Waals surface area contributed by atoms with Crippen LogP contribution < -0.4 is 4.74 Å². The van der Waals surface area contributed by atoms with Crippen molar-refractivity contribution < 1.29 is 24.5 Å². The SMILES string of the molecule is CC(C)=CCOc1cc(C)cc(C(=O)c2c(CC=C(C)C)ccc(O)c2C=O)c1O. The maximum Gasteiger partial charge on any atom is 0.198 e. The molecule has 0 aliphatic heterocycles. The lowest BCUT2D eigenvalue weighted by molar-refractivity contribution is 0.102. The molecule has 0 aliphatic rings. The second-order valence-corrected chi connectivity index (χ2v) is 7.72. The summed E-state index contributed by atoms with van der Waals surface area (Å²) >= 11 is 0. The van der Waals surface area contributed by atoms with Crippen LogP contribution in [0.15, 0.2) is 47.6 Å². The lowest BCUT2D eigenvalue weighted by Gasteiger charge is -2.15. The van der Waals surface area contributed by atoms with E-state index in [-0.39, 0.29) is 40.5 Å². The molecule has 30 heavy (non-hydrogen) atoms. The molecule has 0 unspecified atom stereocenters. The molecule has 5 nitrogen and oxygen atoms in total. The average Bonchev–Trinajstić information content (AvgIpc) is 2.68. The lowest BCUT2D eigenvalue weighted by atomic mass is 9.90. The van der Waals surface area contributed by atoms with Crippen LogP contribution in [0.1, 0.15) is 65.1 Å². The summed E-state index contributed by atoms with van der Waals surface area (Å²) in [4.78, 5) is 25.1. The third-order valence-electron chi connectivity index (χ3n) is 4.58. The van der Waals surface area contributed by atoms with Gasteiger partial charge in [-0.25, -0.2) is 0 Å². The Morgan fingerprint density at radius 3 is 2.30 bits per heavy atom. The number of carbonyl (C=O) groups is 2. The summed E-state index contributed by atoms with van der Waals surface area (Å²) in [5.41, 5.74) is 3.46. The first-order valence-electron chi connectivity index (χ1n) is 9.73. The van der Waals surface area contributed by atoms with Gasteiger partial charge in [-0.15, -0.1) is 0 Å². The van der Waals surface area contributed by atoms with Gasteiger partial charge < -0.3 is 14.9 Å². The van der Waals surface area contributed by atoms with Crippen LogP contribution in [-0.2, 0) is 6.42 Å². The van der Waals surface area contributed by atoms with E-state index in [2.05, 4.69) is 0 Å². The van der Waals surface area contributed by atoms with E-state index in [0.717, 1.165) is 16.7 Å². The van der Waals surface area contributed by atoms with Gasteiger partial charge >= 0.3 is 0 Å². The number of ketones is 1. The molecule has 0 aromatic heterocycles. The van der Waals surface area contributed by atoms with Gasteiger partial charge in [-0.1, -0.05) is 23.3 Å². The molecule has 5 heteroatoms. The molecule has 0 saturated heterocycles. The highest BCUT2D eigenvalue weighted by molar-refractivity contribution is 6.16. The number of carbonyl (C=O) groups excluding carboxylic acids is 2. The molecule has 2 rings (SSSR count). The van der Waals surface area contributed by atoms with E-state index in [1.54, 1.807) is 25.1 Å². The summed E-state index contributed by atoms with van der Waals surface area (Å²) in [6.45, 7) is 9.79. The second-order valence-electron chi connectivity index (χ2n) is 7.72. The van der Waals surface area contributed by atoms with Crippen molar-refractivity contribution in [2.45, 2.75) is 41.0 Å². The molecule has 0 fully saturated rings. The molecule has 0 aliphatic carbocycles. The minimum Gasteiger partial charge on any atom is -0.507 e. The summed E-state index contributed by atoms with van der Waals surface area (Å²) < 4.78 is 5.64. The van der Waals surface area contributed by atoms with Gasteiger partial charge in [0, 0.05) is 5.56 Å². The van der Waals surface area contributed by atoms with E-state index in [9.17, 15) is 19.8 Å². The molecule has 0 saturated carbocycles. The molecule has 158 valence electrons. The zero-order valence-electron chi connectivity index (χ0n) is 18.1. The van der Waals surface area contributed by atoms with Crippen molar-refractivity contribution in [3.05, 3.63) is 75.4 Å².